The van der Waals surface area contributed by atoms with Gasteiger partial charge in [-0.25, -0.2) is 0 Å². The van der Waals surface area contributed by atoms with Crippen molar-refractivity contribution in [3.8, 4) is 0 Å². The van der Waals surface area contributed by atoms with Crippen LogP contribution in [0.4, 0.5) is 5.69 Å². The van der Waals surface area contributed by atoms with Crippen molar-refractivity contribution in [2.24, 2.45) is 0 Å². The molecule has 1 saturated heterocycles. The molecule has 0 aliphatic carbocycles. The van der Waals surface area contributed by atoms with Crippen LogP contribution in [0.2, 0.25) is 5.02 Å². The highest BCUT2D eigenvalue weighted by Gasteiger charge is 2.19. The van der Waals surface area contributed by atoms with Gasteiger partial charge in [-0.15, -0.1) is 0 Å². The second kappa shape index (κ2) is 5.04. The van der Waals surface area contributed by atoms with Crippen molar-refractivity contribution in [1.29, 1.82) is 0 Å². The number of anilines is 1. The standard InChI is InChI=1S/C12H18ClN3/c1-9(16-6-4-15-5-7-16)11-8-10(13)2-3-12(11)14/h2-3,8-9,15H,4-7,14H2,1H3/t9-/m1/s1. The van der Waals surface area contributed by atoms with Crippen molar-refractivity contribution in [2.45, 2.75) is 13.0 Å². The molecule has 3 nitrogen and oxygen atoms in total. The van der Waals surface area contributed by atoms with Gasteiger partial charge >= 0.3 is 0 Å². The molecule has 2 rings (SSSR count). The first-order chi connectivity index (χ1) is 7.68. The summed E-state index contributed by atoms with van der Waals surface area (Å²) in [5.41, 5.74) is 7.96. The zero-order valence-electron chi connectivity index (χ0n) is 9.54. The Morgan fingerprint density at radius 2 is 2.06 bits per heavy atom. The molecule has 0 radical (unpaired) electrons. The summed E-state index contributed by atoms with van der Waals surface area (Å²) in [5.74, 6) is 0. The molecule has 16 heavy (non-hydrogen) atoms. The predicted molar refractivity (Wildman–Crippen MR) is 68.7 cm³/mol. The molecule has 0 aromatic heterocycles. The van der Waals surface area contributed by atoms with E-state index >= 15 is 0 Å². The van der Waals surface area contributed by atoms with E-state index in [0.29, 0.717) is 6.04 Å². The van der Waals surface area contributed by atoms with Gasteiger partial charge in [0.2, 0.25) is 0 Å². The molecule has 1 heterocycles. The molecule has 1 aromatic rings. The average molecular weight is 240 g/mol. The number of piperazine rings is 1. The van der Waals surface area contributed by atoms with Crippen molar-refractivity contribution in [2.75, 3.05) is 31.9 Å². The fourth-order valence-corrected chi connectivity index (χ4v) is 2.35. The van der Waals surface area contributed by atoms with Gasteiger partial charge in [0.25, 0.3) is 0 Å². The molecule has 1 atom stereocenters. The number of nitrogens with zero attached hydrogens (tertiary/aromatic N) is 1. The zero-order chi connectivity index (χ0) is 11.5. The number of halogens is 1. The summed E-state index contributed by atoms with van der Waals surface area (Å²) in [4.78, 5) is 2.43. The molecule has 4 heteroatoms. The van der Waals surface area contributed by atoms with Crippen molar-refractivity contribution in [3.05, 3.63) is 28.8 Å². The van der Waals surface area contributed by atoms with Crippen molar-refractivity contribution in [3.63, 3.8) is 0 Å². The Labute approximate surface area is 102 Å². The van der Waals surface area contributed by atoms with Crippen LogP contribution < -0.4 is 11.1 Å². The molecule has 1 fully saturated rings. The molecule has 1 aromatic carbocycles. The summed E-state index contributed by atoms with van der Waals surface area (Å²) in [6.45, 7) is 6.41. The minimum absolute atomic E-state index is 0.334. The van der Waals surface area contributed by atoms with E-state index in [9.17, 15) is 0 Å². The van der Waals surface area contributed by atoms with E-state index in [1.165, 1.54) is 0 Å². The predicted octanol–water partition coefficient (Wildman–Crippen LogP) is 1.89. The summed E-state index contributed by atoms with van der Waals surface area (Å²) in [7, 11) is 0. The molecular weight excluding hydrogens is 222 g/mol. The summed E-state index contributed by atoms with van der Waals surface area (Å²) < 4.78 is 0. The van der Waals surface area contributed by atoms with E-state index in [2.05, 4.69) is 17.1 Å². The maximum Gasteiger partial charge on any atom is 0.0410 e. The maximum absolute atomic E-state index is 6.01. The van der Waals surface area contributed by atoms with Crippen LogP contribution in [-0.4, -0.2) is 31.1 Å². The molecule has 0 bridgehead atoms. The lowest BCUT2D eigenvalue weighted by atomic mass is 10.0. The molecule has 1 aliphatic rings. The van der Waals surface area contributed by atoms with E-state index in [1.54, 1.807) is 0 Å². The van der Waals surface area contributed by atoms with Gasteiger partial charge < -0.3 is 11.1 Å². The highest BCUT2D eigenvalue weighted by molar-refractivity contribution is 6.30. The van der Waals surface area contributed by atoms with Crippen LogP contribution in [0.15, 0.2) is 18.2 Å². The first-order valence-corrected chi connectivity index (χ1v) is 6.06. The molecule has 3 N–H and O–H groups in total. The first-order valence-electron chi connectivity index (χ1n) is 5.68. The van der Waals surface area contributed by atoms with Gasteiger partial charge in [-0.05, 0) is 30.7 Å². The number of rotatable bonds is 2. The van der Waals surface area contributed by atoms with Crippen LogP contribution in [0, 0.1) is 0 Å². The van der Waals surface area contributed by atoms with Gasteiger partial charge in [0, 0.05) is 42.9 Å². The number of benzene rings is 1. The van der Waals surface area contributed by atoms with E-state index < -0.39 is 0 Å². The van der Waals surface area contributed by atoms with Crippen molar-refractivity contribution in [1.82, 2.24) is 10.2 Å². The fraction of sp³-hybridized carbons (Fsp3) is 0.500. The molecule has 1 aliphatic heterocycles. The van der Waals surface area contributed by atoms with Gasteiger partial charge in [0.05, 0.1) is 0 Å². The summed E-state index contributed by atoms with van der Waals surface area (Å²) >= 11 is 6.01. The summed E-state index contributed by atoms with van der Waals surface area (Å²) in [6.07, 6.45) is 0. The first kappa shape index (κ1) is 11.7. The van der Waals surface area contributed by atoms with Gasteiger partial charge in [-0.1, -0.05) is 11.6 Å². The molecular formula is C12H18ClN3. The number of nitrogen functional groups attached to an aromatic ring is 1. The highest BCUT2D eigenvalue weighted by atomic mass is 35.5. The largest absolute Gasteiger partial charge is 0.398 e. The lowest BCUT2D eigenvalue weighted by Crippen LogP contribution is -2.44. The lowest BCUT2D eigenvalue weighted by molar-refractivity contribution is 0.186. The second-order valence-corrected chi connectivity index (χ2v) is 4.67. The quantitative estimate of drug-likeness (QED) is 0.775. The van der Waals surface area contributed by atoms with Crippen LogP contribution in [-0.2, 0) is 0 Å². The third-order valence-corrected chi connectivity index (χ3v) is 3.43. The van der Waals surface area contributed by atoms with Crippen LogP contribution in [0.3, 0.4) is 0 Å². The van der Waals surface area contributed by atoms with Crippen LogP contribution in [0.25, 0.3) is 0 Å². The van der Waals surface area contributed by atoms with Gasteiger partial charge in [0.1, 0.15) is 0 Å². The van der Waals surface area contributed by atoms with Gasteiger partial charge in [-0.2, -0.15) is 0 Å². The molecule has 0 spiro atoms. The van der Waals surface area contributed by atoms with Crippen LogP contribution >= 0.6 is 11.6 Å². The highest BCUT2D eigenvalue weighted by Crippen LogP contribution is 2.28. The van der Waals surface area contributed by atoms with Gasteiger partial charge in [0.15, 0.2) is 0 Å². The Kier molecular flexibility index (Phi) is 3.69. The Hall–Kier alpha value is -0.770. The molecule has 88 valence electrons. The number of hydrogen-bond donors (Lipinski definition) is 2. The molecule has 0 unspecified atom stereocenters. The maximum atomic E-state index is 6.01. The topological polar surface area (TPSA) is 41.3 Å². The second-order valence-electron chi connectivity index (χ2n) is 4.24. The zero-order valence-corrected chi connectivity index (χ0v) is 10.3. The van der Waals surface area contributed by atoms with Crippen molar-refractivity contribution < 1.29 is 0 Å². The lowest BCUT2D eigenvalue weighted by Gasteiger charge is -2.33. The Morgan fingerprint density at radius 3 is 2.75 bits per heavy atom. The van der Waals surface area contributed by atoms with E-state index in [4.69, 9.17) is 17.3 Å². The minimum atomic E-state index is 0.334. The van der Waals surface area contributed by atoms with E-state index in [-0.39, 0.29) is 0 Å². The monoisotopic (exact) mass is 239 g/mol. The number of nitrogens with two attached hydrogens (primary N) is 1. The summed E-state index contributed by atoms with van der Waals surface area (Å²) in [6, 6.07) is 6.03. The Morgan fingerprint density at radius 1 is 1.38 bits per heavy atom. The molecule has 0 amide bonds. The van der Waals surface area contributed by atoms with Gasteiger partial charge in [-0.3, -0.25) is 4.90 Å². The van der Waals surface area contributed by atoms with E-state index in [1.807, 2.05) is 18.2 Å². The SMILES string of the molecule is C[C@H](c1cc(Cl)ccc1N)N1CCNCC1. The Balaban J connectivity index is 2.18. The molecule has 0 saturated carbocycles. The summed E-state index contributed by atoms with van der Waals surface area (Å²) in [5, 5.41) is 4.10. The minimum Gasteiger partial charge on any atom is -0.398 e. The smallest absolute Gasteiger partial charge is 0.0410 e. The average Bonchev–Trinajstić information content (AvgIpc) is 2.32. The third-order valence-electron chi connectivity index (χ3n) is 3.20. The number of nitrogens with one attached hydrogen (secondary N) is 1. The van der Waals surface area contributed by atoms with E-state index in [0.717, 1.165) is 42.5 Å². The van der Waals surface area contributed by atoms with Crippen LogP contribution in [0.5, 0.6) is 0 Å². The number of hydrogen-bond acceptors (Lipinski definition) is 3. The Bertz CT molecular complexity index is 361. The fourth-order valence-electron chi connectivity index (χ4n) is 2.17. The normalized spacial score (nSPS) is 19.6. The third kappa shape index (κ3) is 2.48. The van der Waals surface area contributed by atoms with Crippen LogP contribution in [0.1, 0.15) is 18.5 Å². The van der Waals surface area contributed by atoms with Crippen molar-refractivity contribution >= 4 is 17.3 Å².